The van der Waals surface area contributed by atoms with Crippen molar-refractivity contribution in [3.63, 3.8) is 0 Å². The molecule has 0 unspecified atom stereocenters. The minimum atomic E-state index is -0.608. The van der Waals surface area contributed by atoms with Crippen LogP contribution >= 0.6 is 0 Å². The van der Waals surface area contributed by atoms with Crippen molar-refractivity contribution in [2.75, 3.05) is 19.0 Å². The molecule has 1 aromatic carbocycles. The molecule has 0 aliphatic heterocycles. The van der Waals surface area contributed by atoms with Gasteiger partial charge in [-0.15, -0.1) is 0 Å². The predicted octanol–water partition coefficient (Wildman–Crippen LogP) is 1.29. The quantitative estimate of drug-likeness (QED) is 0.333. The number of carbonyl (C=O) groups is 1. The van der Waals surface area contributed by atoms with Crippen LogP contribution in [0, 0.1) is 10.1 Å². The third-order valence-corrected chi connectivity index (χ3v) is 2.60. The molecule has 7 heteroatoms. The zero-order chi connectivity index (χ0) is 14.3. The third kappa shape index (κ3) is 4.92. The summed E-state index contributed by atoms with van der Waals surface area (Å²) in [7, 11) is 1.30. The van der Waals surface area contributed by atoms with Gasteiger partial charge in [-0.3, -0.25) is 14.9 Å². The molecule has 104 valence electrons. The standard InChI is InChI=1S/C12H17N3O4/c1-19-12(16)11(13)3-2-8-14-9-4-6-10(7-5-9)15(17)18/h4-7,11,14H,2-3,8,13H2,1H3/t11-/m0/s1. The van der Waals surface area contributed by atoms with Crippen molar-refractivity contribution in [2.24, 2.45) is 5.73 Å². The first-order valence-electron chi connectivity index (χ1n) is 5.86. The molecule has 0 radical (unpaired) electrons. The summed E-state index contributed by atoms with van der Waals surface area (Å²) in [5, 5.41) is 13.6. The molecule has 0 spiro atoms. The van der Waals surface area contributed by atoms with E-state index in [0.717, 1.165) is 5.69 Å². The Morgan fingerprint density at radius 1 is 1.47 bits per heavy atom. The van der Waals surface area contributed by atoms with E-state index in [1.54, 1.807) is 12.1 Å². The molecule has 0 aliphatic carbocycles. The number of hydrogen-bond acceptors (Lipinski definition) is 6. The van der Waals surface area contributed by atoms with Gasteiger partial charge in [0.25, 0.3) is 5.69 Å². The van der Waals surface area contributed by atoms with Crippen LogP contribution in [0.15, 0.2) is 24.3 Å². The molecular formula is C12H17N3O4. The molecule has 7 nitrogen and oxygen atoms in total. The Morgan fingerprint density at radius 3 is 2.63 bits per heavy atom. The fourth-order valence-electron chi connectivity index (χ4n) is 1.52. The van der Waals surface area contributed by atoms with Crippen molar-refractivity contribution in [1.29, 1.82) is 0 Å². The number of nitrogens with one attached hydrogen (secondary N) is 1. The largest absolute Gasteiger partial charge is 0.468 e. The SMILES string of the molecule is COC(=O)[C@@H](N)CCCNc1ccc([N+](=O)[O-])cc1. The molecule has 1 atom stereocenters. The number of benzene rings is 1. The lowest BCUT2D eigenvalue weighted by Crippen LogP contribution is -2.31. The van der Waals surface area contributed by atoms with E-state index in [0.29, 0.717) is 19.4 Å². The normalized spacial score (nSPS) is 11.7. The van der Waals surface area contributed by atoms with Crippen LogP contribution < -0.4 is 11.1 Å². The van der Waals surface area contributed by atoms with Gasteiger partial charge in [-0.2, -0.15) is 0 Å². The van der Waals surface area contributed by atoms with E-state index in [2.05, 4.69) is 10.1 Å². The summed E-state index contributed by atoms with van der Waals surface area (Å²) in [6.45, 7) is 0.627. The Kier molecular flexibility index (Phi) is 5.74. The number of anilines is 1. The molecule has 0 saturated heterocycles. The van der Waals surface area contributed by atoms with Crippen molar-refractivity contribution >= 4 is 17.3 Å². The van der Waals surface area contributed by atoms with E-state index in [9.17, 15) is 14.9 Å². The molecule has 0 heterocycles. The summed E-state index contributed by atoms with van der Waals surface area (Å²) in [6, 6.07) is 5.53. The summed E-state index contributed by atoms with van der Waals surface area (Å²) in [5.41, 5.74) is 6.43. The smallest absolute Gasteiger partial charge is 0.322 e. The maximum absolute atomic E-state index is 11.0. The number of nitro groups is 1. The minimum Gasteiger partial charge on any atom is -0.468 e. The maximum Gasteiger partial charge on any atom is 0.322 e. The van der Waals surface area contributed by atoms with Gasteiger partial charge in [0, 0.05) is 24.4 Å². The first kappa shape index (κ1) is 14.9. The summed E-state index contributed by atoms with van der Waals surface area (Å²) in [5.74, 6) is -0.421. The van der Waals surface area contributed by atoms with Crippen LogP contribution in [0.1, 0.15) is 12.8 Å². The van der Waals surface area contributed by atoms with Crippen molar-refractivity contribution in [3.05, 3.63) is 34.4 Å². The fourth-order valence-corrected chi connectivity index (χ4v) is 1.52. The van der Waals surface area contributed by atoms with Crippen LogP contribution in [0.2, 0.25) is 0 Å². The van der Waals surface area contributed by atoms with E-state index in [-0.39, 0.29) is 5.69 Å². The number of methoxy groups -OCH3 is 1. The highest BCUT2D eigenvalue weighted by Gasteiger charge is 2.12. The second-order valence-electron chi connectivity index (χ2n) is 4.00. The molecule has 0 fully saturated rings. The van der Waals surface area contributed by atoms with Crippen molar-refractivity contribution in [2.45, 2.75) is 18.9 Å². The molecule has 19 heavy (non-hydrogen) atoms. The molecular weight excluding hydrogens is 250 g/mol. The molecule has 1 aromatic rings. The number of esters is 1. The first-order valence-corrected chi connectivity index (χ1v) is 5.86. The van der Waals surface area contributed by atoms with Crippen molar-refractivity contribution in [1.82, 2.24) is 0 Å². The van der Waals surface area contributed by atoms with E-state index in [4.69, 9.17) is 5.73 Å². The van der Waals surface area contributed by atoms with Gasteiger partial charge >= 0.3 is 5.97 Å². The molecule has 0 aromatic heterocycles. The number of rotatable bonds is 7. The number of nitro benzene ring substituents is 1. The average molecular weight is 267 g/mol. The number of hydrogen-bond donors (Lipinski definition) is 2. The Hall–Kier alpha value is -2.15. The highest BCUT2D eigenvalue weighted by atomic mass is 16.6. The van der Waals surface area contributed by atoms with Gasteiger partial charge in [-0.05, 0) is 25.0 Å². The molecule has 0 amide bonds. The summed E-state index contributed by atoms with van der Waals surface area (Å²) >= 11 is 0. The number of carbonyl (C=O) groups excluding carboxylic acids is 1. The number of ether oxygens (including phenoxy) is 1. The van der Waals surface area contributed by atoms with Gasteiger partial charge in [-0.25, -0.2) is 0 Å². The number of nitrogens with two attached hydrogens (primary N) is 1. The second kappa shape index (κ2) is 7.32. The number of non-ortho nitro benzene ring substituents is 1. The lowest BCUT2D eigenvalue weighted by molar-refractivity contribution is -0.384. The van der Waals surface area contributed by atoms with Crippen LogP contribution in [0.5, 0.6) is 0 Å². The van der Waals surface area contributed by atoms with Gasteiger partial charge in [0.05, 0.1) is 12.0 Å². The zero-order valence-corrected chi connectivity index (χ0v) is 10.7. The van der Waals surface area contributed by atoms with Gasteiger partial charge in [0.15, 0.2) is 0 Å². The monoisotopic (exact) mass is 267 g/mol. The van der Waals surface area contributed by atoms with Crippen LogP contribution in [0.3, 0.4) is 0 Å². The van der Waals surface area contributed by atoms with Crippen LogP contribution in [-0.2, 0) is 9.53 Å². The highest BCUT2D eigenvalue weighted by Crippen LogP contribution is 2.15. The molecule has 3 N–H and O–H groups in total. The second-order valence-corrected chi connectivity index (χ2v) is 4.00. The Balaban J connectivity index is 2.29. The molecule has 0 saturated carbocycles. The predicted molar refractivity (Wildman–Crippen MR) is 70.8 cm³/mol. The van der Waals surface area contributed by atoms with Gasteiger partial charge < -0.3 is 15.8 Å². The lowest BCUT2D eigenvalue weighted by atomic mass is 10.1. The van der Waals surface area contributed by atoms with Crippen LogP contribution in [0.4, 0.5) is 11.4 Å². The third-order valence-electron chi connectivity index (χ3n) is 2.60. The first-order chi connectivity index (χ1) is 9.04. The number of nitrogens with zero attached hydrogens (tertiary/aromatic N) is 1. The highest BCUT2D eigenvalue weighted by molar-refractivity contribution is 5.75. The van der Waals surface area contributed by atoms with E-state index < -0.39 is 16.9 Å². The van der Waals surface area contributed by atoms with Gasteiger partial charge in [0.2, 0.25) is 0 Å². The lowest BCUT2D eigenvalue weighted by Gasteiger charge is -2.10. The Morgan fingerprint density at radius 2 is 2.11 bits per heavy atom. The maximum atomic E-state index is 11.0. The van der Waals surface area contributed by atoms with Crippen LogP contribution in [-0.4, -0.2) is 30.6 Å². The van der Waals surface area contributed by atoms with Crippen molar-refractivity contribution in [3.8, 4) is 0 Å². The van der Waals surface area contributed by atoms with Crippen LogP contribution in [0.25, 0.3) is 0 Å². The van der Waals surface area contributed by atoms with E-state index in [1.807, 2.05) is 0 Å². The summed E-state index contributed by atoms with van der Waals surface area (Å²) < 4.78 is 4.51. The Labute approximate surface area is 110 Å². The average Bonchev–Trinajstić information content (AvgIpc) is 2.42. The van der Waals surface area contributed by atoms with E-state index in [1.165, 1.54) is 19.2 Å². The van der Waals surface area contributed by atoms with Gasteiger partial charge in [-0.1, -0.05) is 0 Å². The van der Waals surface area contributed by atoms with E-state index >= 15 is 0 Å². The van der Waals surface area contributed by atoms with Crippen molar-refractivity contribution < 1.29 is 14.5 Å². The molecule has 0 bridgehead atoms. The summed E-state index contributed by atoms with van der Waals surface area (Å²) in [4.78, 5) is 21.1. The topological polar surface area (TPSA) is 107 Å². The summed E-state index contributed by atoms with van der Waals surface area (Å²) in [6.07, 6.45) is 1.22. The molecule has 1 rings (SSSR count). The fraction of sp³-hybridized carbons (Fsp3) is 0.417. The zero-order valence-electron chi connectivity index (χ0n) is 10.7. The Bertz CT molecular complexity index is 433. The molecule has 0 aliphatic rings. The van der Waals surface area contributed by atoms with Gasteiger partial charge in [0.1, 0.15) is 6.04 Å². The minimum absolute atomic E-state index is 0.0539.